The van der Waals surface area contributed by atoms with Gasteiger partial charge >= 0.3 is 7.79 Å². The molecule has 0 saturated carbocycles. The van der Waals surface area contributed by atoms with Gasteiger partial charge in [-0.2, -0.15) is 0 Å². The van der Waals surface area contributed by atoms with Gasteiger partial charge in [0.15, 0.2) is 0 Å². The molecule has 0 bridgehead atoms. The number of rotatable bonds is 4. The monoisotopic (exact) mass is 343 g/mol. The van der Waals surface area contributed by atoms with Crippen molar-refractivity contribution in [1.29, 1.82) is 0 Å². The number of allylic oxidation sites excluding steroid dienone is 1. The van der Waals surface area contributed by atoms with Gasteiger partial charge in [0, 0.05) is 12.1 Å². The topological polar surface area (TPSA) is 12.5 Å². The predicted molar refractivity (Wildman–Crippen MR) is 99.4 cm³/mol. The molecule has 0 spiro atoms. The molecule has 2 nitrogen and oxygen atoms in total. The zero-order valence-corrected chi connectivity index (χ0v) is 15.3. The molecule has 1 fully saturated rings. The molecule has 4 heteroatoms. The number of hydrogen-bond acceptors (Lipinski definition) is 2. The Kier molecular flexibility index (Phi) is 5.02. The quantitative estimate of drug-likeness (QED) is 0.574. The van der Waals surface area contributed by atoms with Crippen molar-refractivity contribution in [3.8, 4) is 0 Å². The van der Waals surface area contributed by atoms with Gasteiger partial charge in [-0.05, 0) is 25.1 Å². The largest absolute Gasteiger partial charge is 0.383 e. The summed E-state index contributed by atoms with van der Waals surface area (Å²) in [5.74, 6) is 0. The molecule has 1 aliphatic rings. The molecule has 3 rings (SSSR count). The molecule has 0 N–H and O–H groups in total. The van der Waals surface area contributed by atoms with Crippen LogP contribution in [0.4, 0.5) is 0 Å². The van der Waals surface area contributed by atoms with E-state index in [0.717, 1.165) is 6.04 Å². The Morgan fingerprint density at radius 1 is 1.09 bits per heavy atom. The highest BCUT2D eigenvalue weighted by atomic mass is 35.6. The normalized spacial score (nSPS) is 28.5. The molecule has 1 unspecified atom stereocenters. The third kappa shape index (κ3) is 3.59. The van der Waals surface area contributed by atoms with E-state index < -0.39 is 7.79 Å². The fraction of sp³-hybridized carbons (Fsp3) is 0.263. The zero-order chi connectivity index (χ0) is 16.3. The first-order valence-corrected chi connectivity index (χ1v) is 11.0. The summed E-state index contributed by atoms with van der Waals surface area (Å²) in [4.78, 5) is 0. The van der Waals surface area contributed by atoms with Crippen molar-refractivity contribution in [2.45, 2.75) is 25.1 Å². The van der Waals surface area contributed by atoms with Crippen LogP contribution in [0.3, 0.4) is 0 Å². The minimum absolute atomic E-state index is 0.0514. The van der Waals surface area contributed by atoms with Crippen molar-refractivity contribution >= 4 is 24.9 Å². The molecular weight excluding hydrogens is 322 g/mol. The van der Waals surface area contributed by atoms with Gasteiger partial charge < -0.3 is 4.43 Å². The second kappa shape index (κ2) is 7.01. The second-order valence-electron chi connectivity index (χ2n) is 6.01. The number of likely N-dealkylation sites (N-methyl/N-ethyl adjacent to an activating group) is 1. The molecule has 1 heterocycles. The fourth-order valence-electron chi connectivity index (χ4n) is 2.97. The maximum Gasteiger partial charge on any atom is 0.377 e. The highest BCUT2D eigenvalue weighted by Gasteiger charge is 2.51. The van der Waals surface area contributed by atoms with Gasteiger partial charge in [0.2, 0.25) is 0 Å². The fourth-order valence-corrected chi connectivity index (χ4v) is 6.41. The number of nitrogens with zero attached hydrogens (tertiary/aromatic N) is 1. The van der Waals surface area contributed by atoms with Crippen LogP contribution in [-0.2, 0) is 4.43 Å². The number of hydrogen-bond donors (Lipinski definition) is 0. The van der Waals surface area contributed by atoms with Crippen molar-refractivity contribution in [3.63, 3.8) is 0 Å². The maximum atomic E-state index is 6.92. The van der Waals surface area contributed by atoms with Crippen LogP contribution >= 0.6 is 11.1 Å². The maximum absolute atomic E-state index is 6.92. The Labute approximate surface area is 144 Å². The van der Waals surface area contributed by atoms with Gasteiger partial charge in [-0.25, -0.2) is 0 Å². The summed E-state index contributed by atoms with van der Waals surface area (Å²) in [6, 6.07) is 21.7. The third-order valence-corrected chi connectivity index (χ3v) is 8.84. The summed E-state index contributed by atoms with van der Waals surface area (Å²) in [6.45, 7) is 2.19. The molecule has 0 aliphatic carbocycles. The van der Waals surface area contributed by atoms with Crippen molar-refractivity contribution in [3.05, 3.63) is 77.9 Å². The van der Waals surface area contributed by atoms with Crippen molar-refractivity contribution in [2.75, 3.05) is 7.05 Å². The summed E-state index contributed by atoms with van der Waals surface area (Å²) in [5, 5.41) is 0. The van der Waals surface area contributed by atoms with Gasteiger partial charge in [0.1, 0.15) is 0 Å². The molecule has 1 saturated heterocycles. The first-order chi connectivity index (χ1) is 11.1. The average Bonchev–Trinajstić information content (AvgIpc) is 2.81. The molecule has 1 aliphatic heterocycles. The highest BCUT2D eigenvalue weighted by Crippen LogP contribution is 2.41. The van der Waals surface area contributed by atoms with E-state index in [1.165, 1.54) is 11.1 Å². The molecule has 0 amide bonds. The van der Waals surface area contributed by atoms with E-state index in [1.807, 2.05) is 24.3 Å². The Morgan fingerprint density at radius 2 is 1.70 bits per heavy atom. The third-order valence-electron chi connectivity index (χ3n) is 4.49. The van der Waals surface area contributed by atoms with E-state index in [-0.39, 0.29) is 12.1 Å². The highest BCUT2D eigenvalue weighted by molar-refractivity contribution is 7.15. The number of benzene rings is 2. The molecule has 0 radical (unpaired) electrons. The Bertz CT molecular complexity index is 664. The lowest BCUT2D eigenvalue weighted by Gasteiger charge is -2.25. The van der Waals surface area contributed by atoms with E-state index in [9.17, 15) is 0 Å². The Morgan fingerprint density at radius 3 is 2.35 bits per heavy atom. The number of halogens is 1. The van der Waals surface area contributed by atoms with E-state index >= 15 is 0 Å². The zero-order valence-electron chi connectivity index (χ0n) is 13.5. The van der Waals surface area contributed by atoms with Crippen molar-refractivity contribution < 1.29 is 4.43 Å². The molecule has 2 aromatic carbocycles. The standard InChI is InChI=1S/C19H22ClNOSi/c1-16-19(18-13-7-4-8-14-18)22-23(20,21(16)2)15-9-12-17-10-5-3-6-11-17/h3-14,16,19H,15H2,1-2H3/b12-9-/t16-,19+,23?/m0/s1. The van der Waals surface area contributed by atoms with E-state index in [2.05, 4.69) is 67.1 Å². The van der Waals surface area contributed by atoms with Gasteiger partial charge in [-0.1, -0.05) is 72.8 Å². The first kappa shape index (κ1) is 16.5. The van der Waals surface area contributed by atoms with E-state index in [0.29, 0.717) is 0 Å². The van der Waals surface area contributed by atoms with Gasteiger partial charge in [0.05, 0.1) is 6.10 Å². The van der Waals surface area contributed by atoms with Crippen LogP contribution in [0.5, 0.6) is 0 Å². The molecule has 0 aromatic heterocycles. The van der Waals surface area contributed by atoms with Crippen LogP contribution in [0, 0.1) is 0 Å². The Hall–Kier alpha value is -1.39. The second-order valence-corrected chi connectivity index (χ2v) is 10.5. The summed E-state index contributed by atoms with van der Waals surface area (Å²) in [7, 11) is -0.347. The average molecular weight is 344 g/mol. The van der Waals surface area contributed by atoms with Gasteiger partial charge in [-0.3, -0.25) is 4.57 Å². The summed E-state index contributed by atoms with van der Waals surface area (Å²) < 4.78 is 8.63. The predicted octanol–water partition coefficient (Wildman–Crippen LogP) is 4.97. The molecule has 120 valence electrons. The van der Waals surface area contributed by atoms with Crippen LogP contribution in [-0.4, -0.2) is 25.4 Å². The van der Waals surface area contributed by atoms with E-state index in [4.69, 9.17) is 15.5 Å². The lowest BCUT2D eigenvalue weighted by atomic mass is 10.0. The smallest absolute Gasteiger partial charge is 0.377 e. The van der Waals surface area contributed by atoms with Crippen LogP contribution in [0.1, 0.15) is 24.2 Å². The minimum atomic E-state index is -2.43. The van der Waals surface area contributed by atoms with Gasteiger partial charge in [-0.15, -0.1) is 11.1 Å². The summed E-state index contributed by atoms with van der Waals surface area (Å²) >= 11 is 6.92. The van der Waals surface area contributed by atoms with Crippen LogP contribution in [0.15, 0.2) is 66.7 Å². The first-order valence-electron chi connectivity index (χ1n) is 7.96. The van der Waals surface area contributed by atoms with Crippen LogP contribution in [0.25, 0.3) is 6.08 Å². The lowest BCUT2D eigenvalue weighted by Crippen LogP contribution is -2.44. The summed E-state index contributed by atoms with van der Waals surface area (Å²) in [6.07, 6.45) is 4.32. The minimum Gasteiger partial charge on any atom is -0.383 e. The van der Waals surface area contributed by atoms with Crippen LogP contribution < -0.4 is 0 Å². The van der Waals surface area contributed by atoms with Crippen LogP contribution in [0.2, 0.25) is 6.04 Å². The van der Waals surface area contributed by atoms with Crippen molar-refractivity contribution in [2.24, 2.45) is 0 Å². The van der Waals surface area contributed by atoms with Gasteiger partial charge in [0.25, 0.3) is 0 Å². The molecular formula is C19H22ClNOSi. The Balaban J connectivity index is 1.73. The van der Waals surface area contributed by atoms with Crippen molar-refractivity contribution in [1.82, 2.24) is 4.57 Å². The van der Waals surface area contributed by atoms with E-state index in [1.54, 1.807) is 0 Å². The molecule has 3 atom stereocenters. The summed E-state index contributed by atoms with van der Waals surface area (Å²) in [5.41, 5.74) is 2.39. The molecule has 2 aromatic rings. The lowest BCUT2D eigenvalue weighted by molar-refractivity contribution is 0.207. The SMILES string of the molecule is C[C@H]1[C@H](c2ccccc2)O[Si](Cl)(C/C=C\c2ccccc2)N1C. The molecule has 23 heavy (non-hydrogen) atoms.